The quantitative estimate of drug-likeness (QED) is 0.575. The van der Waals surface area contributed by atoms with Crippen molar-refractivity contribution in [2.45, 2.75) is 4.21 Å². The van der Waals surface area contributed by atoms with Gasteiger partial charge in [-0.2, -0.15) is 0 Å². The van der Waals surface area contributed by atoms with Crippen molar-refractivity contribution in [1.82, 2.24) is 4.72 Å². The third-order valence-electron chi connectivity index (χ3n) is 4.20. The maximum atomic E-state index is 12.6. The van der Waals surface area contributed by atoms with Crippen molar-refractivity contribution >= 4 is 62.2 Å². The van der Waals surface area contributed by atoms with E-state index in [-0.39, 0.29) is 19.9 Å². The Kier molecular flexibility index (Phi) is 5.06. The molecule has 0 bridgehead atoms. The van der Waals surface area contributed by atoms with E-state index in [1.807, 2.05) is 4.72 Å². The first-order valence-electron chi connectivity index (χ1n) is 8.43. The molecule has 2 N–H and O–H groups in total. The minimum atomic E-state index is -4.09. The fraction of sp³-hybridized carbons (Fsp3) is 0. The van der Waals surface area contributed by atoms with Crippen LogP contribution in [0.15, 0.2) is 64.9 Å². The zero-order chi connectivity index (χ0) is 21.5. The van der Waals surface area contributed by atoms with E-state index in [0.29, 0.717) is 11.1 Å². The summed E-state index contributed by atoms with van der Waals surface area (Å²) in [5, 5.41) is 2.38. The standard InChI is InChI=1S/C19H12ClN3O5S2/c20-15-8-9-16(29-15)30(27,28)22-19(26)21-11-4-3-5-12(10-11)23-17(24)13-6-1-2-7-14(13)18(23)25/h1-10H,(H2,21,22,26). The second-order valence-electron chi connectivity index (χ2n) is 6.16. The lowest BCUT2D eigenvalue weighted by molar-refractivity contribution is 0.0926. The van der Waals surface area contributed by atoms with E-state index < -0.39 is 27.9 Å². The van der Waals surface area contributed by atoms with E-state index in [0.717, 1.165) is 16.2 Å². The number of amides is 4. The predicted molar refractivity (Wildman–Crippen MR) is 113 cm³/mol. The lowest BCUT2D eigenvalue weighted by atomic mass is 10.1. The van der Waals surface area contributed by atoms with E-state index in [9.17, 15) is 22.8 Å². The summed E-state index contributed by atoms with van der Waals surface area (Å²) >= 11 is 6.55. The Bertz CT molecular complexity index is 1270. The zero-order valence-electron chi connectivity index (χ0n) is 15.0. The maximum Gasteiger partial charge on any atom is 0.333 e. The molecule has 0 saturated heterocycles. The Morgan fingerprint density at radius 3 is 2.20 bits per heavy atom. The molecule has 11 heteroatoms. The minimum absolute atomic E-state index is 0.109. The van der Waals surface area contributed by atoms with Gasteiger partial charge in [0.15, 0.2) is 0 Å². The normalized spacial score (nSPS) is 13.3. The first-order chi connectivity index (χ1) is 14.3. The number of carbonyl (C=O) groups excluding carboxylic acids is 3. The maximum absolute atomic E-state index is 12.6. The zero-order valence-corrected chi connectivity index (χ0v) is 17.3. The highest BCUT2D eigenvalue weighted by molar-refractivity contribution is 7.92. The molecule has 2 heterocycles. The average molecular weight is 462 g/mol. The first-order valence-corrected chi connectivity index (χ1v) is 11.1. The van der Waals surface area contributed by atoms with Gasteiger partial charge in [-0.05, 0) is 42.5 Å². The second-order valence-corrected chi connectivity index (χ2v) is 9.78. The van der Waals surface area contributed by atoms with Gasteiger partial charge in [-0.3, -0.25) is 9.59 Å². The lowest BCUT2D eigenvalue weighted by Crippen LogP contribution is -2.34. The number of carbonyl (C=O) groups is 3. The number of hydrogen-bond acceptors (Lipinski definition) is 6. The number of nitrogens with zero attached hydrogens (tertiary/aromatic N) is 1. The molecule has 0 fully saturated rings. The van der Waals surface area contributed by atoms with Crippen LogP contribution in [0.1, 0.15) is 20.7 Å². The number of fused-ring (bicyclic) bond motifs is 1. The van der Waals surface area contributed by atoms with Gasteiger partial charge in [0.05, 0.1) is 21.2 Å². The highest BCUT2D eigenvalue weighted by atomic mass is 35.5. The number of thiophene rings is 1. The molecule has 0 unspecified atom stereocenters. The van der Waals surface area contributed by atoms with E-state index in [2.05, 4.69) is 5.32 Å². The average Bonchev–Trinajstić information content (AvgIpc) is 3.24. The third kappa shape index (κ3) is 3.67. The monoisotopic (exact) mass is 461 g/mol. The molecule has 0 spiro atoms. The number of anilines is 2. The largest absolute Gasteiger partial charge is 0.333 e. The van der Waals surface area contributed by atoms with Gasteiger partial charge >= 0.3 is 6.03 Å². The molecule has 0 radical (unpaired) electrons. The van der Waals surface area contributed by atoms with Gasteiger partial charge in [0.1, 0.15) is 4.21 Å². The van der Waals surface area contributed by atoms with Crippen LogP contribution < -0.4 is 14.9 Å². The van der Waals surface area contributed by atoms with Crippen molar-refractivity contribution in [2.24, 2.45) is 0 Å². The molecule has 152 valence electrons. The van der Waals surface area contributed by atoms with Gasteiger partial charge < -0.3 is 5.32 Å². The fourth-order valence-corrected chi connectivity index (χ4v) is 5.31. The van der Waals surface area contributed by atoms with Gasteiger partial charge in [0, 0.05) is 5.69 Å². The van der Waals surface area contributed by atoms with Crippen LogP contribution in [0, 0.1) is 0 Å². The van der Waals surface area contributed by atoms with Crippen molar-refractivity contribution < 1.29 is 22.8 Å². The van der Waals surface area contributed by atoms with Crippen LogP contribution in [0.3, 0.4) is 0 Å². The molecule has 1 aliphatic rings. The Hall–Kier alpha value is -3.21. The number of sulfonamides is 1. The van der Waals surface area contributed by atoms with Crippen LogP contribution in [0.25, 0.3) is 0 Å². The van der Waals surface area contributed by atoms with Crippen LogP contribution in [-0.2, 0) is 10.0 Å². The summed E-state index contributed by atoms with van der Waals surface area (Å²) in [5.74, 6) is -0.955. The molecule has 0 atom stereocenters. The van der Waals surface area contributed by atoms with Gasteiger partial charge in [-0.1, -0.05) is 29.8 Å². The molecule has 2 aromatic carbocycles. The summed E-state index contributed by atoms with van der Waals surface area (Å²) in [4.78, 5) is 38.4. The van der Waals surface area contributed by atoms with Gasteiger partial charge in [0.2, 0.25) is 0 Å². The first kappa shape index (κ1) is 20.1. The molecular weight excluding hydrogens is 450 g/mol. The molecule has 30 heavy (non-hydrogen) atoms. The number of hydrogen-bond donors (Lipinski definition) is 2. The smallest absolute Gasteiger partial charge is 0.307 e. The van der Waals surface area contributed by atoms with E-state index in [1.165, 1.54) is 36.4 Å². The summed E-state index contributed by atoms with van der Waals surface area (Å²) in [6.45, 7) is 0. The summed E-state index contributed by atoms with van der Waals surface area (Å²) < 4.78 is 26.5. The minimum Gasteiger partial charge on any atom is -0.307 e. The van der Waals surface area contributed by atoms with E-state index in [4.69, 9.17) is 11.6 Å². The summed E-state index contributed by atoms with van der Waals surface area (Å²) in [7, 11) is -4.09. The highest BCUT2D eigenvalue weighted by Crippen LogP contribution is 2.30. The SMILES string of the molecule is O=C(Nc1cccc(N2C(=O)c3ccccc3C2=O)c1)NS(=O)(=O)c1ccc(Cl)s1. The van der Waals surface area contributed by atoms with Crippen LogP contribution in [0.5, 0.6) is 0 Å². The molecule has 4 rings (SSSR count). The number of imide groups is 1. The van der Waals surface area contributed by atoms with Crippen molar-refractivity contribution in [1.29, 1.82) is 0 Å². The Balaban J connectivity index is 1.53. The number of nitrogens with one attached hydrogen (secondary N) is 2. The predicted octanol–water partition coefficient (Wildman–Crippen LogP) is 3.71. The van der Waals surface area contributed by atoms with Crippen LogP contribution in [-0.4, -0.2) is 26.3 Å². The molecule has 4 amide bonds. The molecule has 1 aromatic heterocycles. The highest BCUT2D eigenvalue weighted by Gasteiger charge is 2.36. The van der Waals surface area contributed by atoms with Gasteiger partial charge in [0.25, 0.3) is 21.8 Å². The lowest BCUT2D eigenvalue weighted by Gasteiger charge is -2.15. The molecule has 3 aromatic rings. The van der Waals surface area contributed by atoms with E-state index in [1.54, 1.807) is 24.3 Å². The van der Waals surface area contributed by atoms with Crippen molar-refractivity contribution in [3.8, 4) is 0 Å². The number of benzene rings is 2. The molecular formula is C19H12ClN3O5S2. The summed E-state index contributed by atoms with van der Waals surface area (Å²) in [6, 6.07) is 14.1. The molecule has 8 nitrogen and oxygen atoms in total. The molecule has 0 saturated carbocycles. The van der Waals surface area contributed by atoms with Crippen molar-refractivity contribution in [3.05, 3.63) is 76.1 Å². The number of rotatable bonds is 4. The summed E-state index contributed by atoms with van der Waals surface area (Å²) in [6.07, 6.45) is 0. The Labute approximate surface area is 180 Å². The van der Waals surface area contributed by atoms with Crippen LogP contribution >= 0.6 is 22.9 Å². The van der Waals surface area contributed by atoms with Gasteiger partial charge in [-0.15, -0.1) is 11.3 Å². The van der Waals surface area contributed by atoms with Crippen molar-refractivity contribution in [3.63, 3.8) is 0 Å². The van der Waals surface area contributed by atoms with Crippen LogP contribution in [0.4, 0.5) is 16.2 Å². The Morgan fingerprint density at radius 2 is 1.60 bits per heavy atom. The second kappa shape index (κ2) is 7.56. The Morgan fingerprint density at radius 1 is 0.933 bits per heavy atom. The fourth-order valence-electron chi connectivity index (χ4n) is 2.92. The number of urea groups is 1. The number of halogens is 1. The van der Waals surface area contributed by atoms with Crippen molar-refractivity contribution in [2.75, 3.05) is 10.2 Å². The van der Waals surface area contributed by atoms with Crippen LogP contribution in [0.2, 0.25) is 4.34 Å². The summed E-state index contributed by atoms with van der Waals surface area (Å²) in [5.41, 5.74) is 1.02. The molecule has 0 aliphatic carbocycles. The third-order valence-corrected chi connectivity index (χ3v) is 7.25. The molecule has 1 aliphatic heterocycles. The topological polar surface area (TPSA) is 113 Å². The van der Waals surface area contributed by atoms with Gasteiger partial charge in [-0.25, -0.2) is 22.8 Å². The van der Waals surface area contributed by atoms with E-state index >= 15 is 0 Å².